The zero-order valence-corrected chi connectivity index (χ0v) is 11.6. The number of hydrogen-bond donors (Lipinski definition) is 0. The Kier molecular flexibility index (Phi) is 3.51. The van der Waals surface area contributed by atoms with Crippen molar-refractivity contribution in [1.29, 1.82) is 5.26 Å². The molecule has 2 rings (SSSR count). The Hall–Kier alpha value is -2.32. The lowest BCUT2D eigenvalue weighted by atomic mass is 9.94. The van der Waals surface area contributed by atoms with E-state index < -0.39 is 17.5 Å². The molecule has 1 aromatic carbocycles. The lowest BCUT2D eigenvalue weighted by Gasteiger charge is -2.24. The molecule has 1 amide bonds. The van der Waals surface area contributed by atoms with Crippen molar-refractivity contribution in [2.24, 2.45) is 0 Å². The SMILES string of the molecule is CC(=O)O[C@]1(C=C(Cl)C#N)C(=O)N(C)c2ccccc21. The summed E-state index contributed by atoms with van der Waals surface area (Å²) in [7, 11) is 1.57. The van der Waals surface area contributed by atoms with Crippen molar-refractivity contribution in [2.75, 3.05) is 11.9 Å². The Morgan fingerprint density at radius 2 is 2.15 bits per heavy atom. The molecule has 0 spiro atoms. The molecule has 0 saturated heterocycles. The third kappa shape index (κ3) is 2.04. The van der Waals surface area contributed by atoms with Crippen molar-refractivity contribution >= 4 is 29.2 Å². The summed E-state index contributed by atoms with van der Waals surface area (Å²) in [5.41, 5.74) is -0.585. The summed E-state index contributed by atoms with van der Waals surface area (Å²) in [6.45, 7) is 1.20. The van der Waals surface area contributed by atoms with Gasteiger partial charge in [0.2, 0.25) is 5.60 Å². The number of halogens is 1. The molecule has 1 aromatic rings. The van der Waals surface area contributed by atoms with Crippen LogP contribution < -0.4 is 4.90 Å². The Labute approximate surface area is 121 Å². The highest BCUT2D eigenvalue weighted by molar-refractivity contribution is 6.32. The number of anilines is 1. The van der Waals surface area contributed by atoms with Gasteiger partial charge in [-0.15, -0.1) is 0 Å². The summed E-state index contributed by atoms with van der Waals surface area (Å²) in [5, 5.41) is 8.61. The number of ether oxygens (including phenoxy) is 1. The summed E-state index contributed by atoms with van der Waals surface area (Å²) >= 11 is 5.74. The van der Waals surface area contributed by atoms with Crippen molar-refractivity contribution < 1.29 is 14.3 Å². The number of fused-ring (bicyclic) bond motifs is 1. The number of nitriles is 1. The molecule has 0 aromatic heterocycles. The molecule has 1 heterocycles. The fraction of sp³-hybridized carbons (Fsp3) is 0.214. The number of benzene rings is 1. The van der Waals surface area contributed by atoms with E-state index in [0.717, 1.165) is 0 Å². The number of allylic oxidation sites excluding steroid dienone is 1. The third-order valence-electron chi connectivity index (χ3n) is 3.03. The van der Waals surface area contributed by atoms with Crippen molar-refractivity contribution in [2.45, 2.75) is 12.5 Å². The predicted molar refractivity (Wildman–Crippen MR) is 72.8 cm³/mol. The molecule has 20 heavy (non-hydrogen) atoms. The monoisotopic (exact) mass is 290 g/mol. The molecule has 5 nitrogen and oxygen atoms in total. The zero-order valence-electron chi connectivity index (χ0n) is 10.9. The summed E-state index contributed by atoms with van der Waals surface area (Å²) in [6, 6.07) is 8.60. The molecule has 0 radical (unpaired) electrons. The minimum Gasteiger partial charge on any atom is -0.440 e. The van der Waals surface area contributed by atoms with Gasteiger partial charge in [-0.1, -0.05) is 29.8 Å². The van der Waals surface area contributed by atoms with Crippen LogP contribution in [0.2, 0.25) is 0 Å². The fourth-order valence-corrected chi connectivity index (χ4v) is 2.41. The van der Waals surface area contributed by atoms with E-state index in [2.05, 4.69) is 0 Å². The average molecular weight is 291 g/mol. The first-order valence-electron chi connectivity index (χ1n) is 5.78. The first-order chi connectivity index (χ1) is 9.42. The second kappa shape index (κ2) is 4.99. The van der Waals surface area contributed by atoms with E-state index in [4.69, 9.17) is 21.6 Å². The molecule has 0 unspecified atom stereocenters. The van der Waals surface area contributed by atoms with Crippen LogP contribution in [0.3, 0.4) is 0 Å². The first kappa shape index (κ1) is 14.1. The van der Waals surface area contributed by atoms with E-state index in [1.54, 1.807) is 37.4 Å². The van der Waals surface area contributed by atoms with Gasteiger partial charge < -0.3 is 9.64 Å². The lowest BCUT2D eigenvalue weighted by molar-refractivity contribution is -0.160. The van der Waals surface area contributed by atoms with Crippen molar-refractivity contribution in [3.05, 3.63) is 40.9 Å². The van der Waals surface area contributed by atoms with Gasteiger partial charge in [0, 0.05) is 25.6 Å². The van der Waals surface area contributed by atoms with Gasteiger partial charge in [-0.25, -0.2) is 0 Å². The van der Waals surface area contributed by atoms with E-state index in [1.807, 2.05) is 0 Å². The largest absolute Gasteiger partial charge is 0.440 e. The van der Waals surface area contributed by atoms with Crippen LogP contribution in [0.5, 0.6) is 0 Å². The van der Waals surface area contributed by atoms with Gasteiger partial charge in [-0.2, -0.15) is 5.26 Å². The highest BCUT2D eigenvalue weighted by atomic mass is 35.5. The van der Waals surface area contributed by atoms with E-state index in [1.165, 1.54) is 17.9 Å². The van der Waals surface area contributed by atoms with Crippen LogP contribution in [0.1, 0.15) is 12.5 Å². The molecular formula is C14H11ClN2O3. The van der Waals surface area contributed by atoms with Gasteiger partial charge >= 0.3 is 5.97 Å². The van der Waals surface area contributed by atoms with Gasteiger partial charge in [0.1, 0.15) is 11.1 Å². The number of carbonyl (C=O) groups is 2. The molecule has 0 N–H and O–H groups in total. The first-order valence-corrected chi connectivity index (χ1v) is 6.16. The summed E-state index contributed by atoms with van der Waals surface area (Å²) < 4.78 is 5.24. The predicted octanol–water partition coefficient (Wildman–Crippen LogP) is 2.07. The minimum atomic E-state index is -1.68. The Morgan fingerprint density at radius 3 is 2.75 bits per heavy atom. The molecule has 6 heteroatoms. The van der Waals surface area contributed by atoms with Gasteiger partial charge in [0.25, 0.3) is 5.91 Å². The molecule has 1 aliphatic rings. The molecule has 1 aliphatic heterocycles. The number of rotatable bonds is 2. The minimum absolute atomic E-state index is 0.218. The van der Waals surface area contributed by atoms with Gasteiger partial charge in [0.05, 0.1) is 5.69 Å². The number of esters is 1. The maximum atomic E-state index is 12.5. The van der Waals surface area contributed by atoms with Crippen LogP contribution in [0.4, 0.5) is 5.69 Å². The summed E-state index contributed by atoms with van der Waals surface area (Å²) in [5.74, 6) is -1.11. The van der Waals surface area contributed by atoms with Crippen LogP contribution >= 0.6 is 11.6 Å². The average Bonchev–Trinajstić information content (AvgIpc) is 2.62. The Balaban J connectivity index is 2.72. The number of amides is 1. The van der Waals surface area contributed by atoms with Crippen LogP contribution in [-0.4, -0.2) is 18.9 Å². The van der Waals surface area contributed by atoms with Gasteiger partial charge in [0.15, 0.2) is 0 Å². The fourth-order valence-electron chi connectivity index (χ4n) is 2.26. The molecular weight excluding hydrogens is 280 g/mol. The highest BCUT2D eigenvalue weighted by Crippen LogP contribution is 2.43. The number of nitrogens with zero attached hydrogens (tertiary/aromatic N) is 2. The van der Waals surface area contributed by atoms with E-state index >= 15 is 0 Å². The molecule has 1 atom stereocenters. The van der Waals surface area contributed by atoms with Crippen LogP contribution in [-0.2, 0) is 19.9 Å². The quantitative estimate of drug-likeness (QED) is 0.617. The normalized spacial score (nSPS) is 21.4. The Morgan fingerprint density at radius 1 is 1.50 bits per heavy atom. The maximum absolute atomic E-state index is 12.5. The standard InChI is InChI=1S/C14H11ClN2O3/c1-9(18)20-14(7-10(15)8-16)11-5-3-4-6-12(11)17(2)13(14)19/h3-7H,1-2H3/t14-/m0/s1. The topological polar surface area (TPSA) is 70.4 Å². The molecule has 0 saturated carbocycles. The second-order valence-corrected chi connectivity index (χ2v) is 4.72. The molecule has 0 aliphatic carbocycles. The number of carbonyl (C=O) groups excluding carboxylic acids is 2. The molecule has 0 fully saturated rings. The molecule has 0 bridgehead atoms. The van der Waals surface area contributed by atoms with Gasteiger partial charge in [-0.05, 0) is 6.07 Å². The van der Waals surface area contributed by atoms with Crippen LogP contribution in [0.25, 0.3) is 0 Å². The lowest BCUT2D eigenvalue weighted by Crippen LogP contribution is -2.40. The van der Waals surface area contributed by atoms with Gasteiger partial charge in [-0.3, -0.25) is 9.59 Å². The van der Waals surface area contributed by atoms with Crippen molar-refractivity contribution in [3.63, 3.8) is 0 Å². The smallest absolute Gasteiger partial charge is 0.304 e. The summed E-state index contributed by atoms with van der Waals surface area (Å²) in [6.07, 6.45) is 1.17. The molecule has 102 valence electrons. The number of para-hydroxylation sites is 1. The van der Waals surface area contributed by atoms with Crippen molar-refractivity contribution in [3.8, 4) is 6.07 Å². The summed E-state index contributed by atoms with van der Waals surface area (Å²) in [4.78, 5) is 25.3. The van der Waals surface area contributed by atoms with E-state index in [-0.39, 0.29) is 5.03 Å². The highest BCUT2D eigenvalue weighted by Gasteiger charge is 2.51. The number of likely N-dealkylation sites (N-methyl/N-ethyl adjacent to an activating group) is 1. The number of hydrogen-bond acceptors (Lipinski definition) is 4. The van der Waals surface area contributed by atoms with E-state index in [0.29, 0.717) is 11.3 Å². The van der Waals surface area contributed by atoms with E-state index in [9.17, 15) is 9.59 Å². The van der Waals surface area contributed by atoms with Crippen LogP contribution in [0.15, 0.2) is 35.4 Å². The van der Waals surface area contributed by atoms with Crippen LogP contribution in [0, 0.1) is 11.3 Å². The zero-order chi connectivity index (χ0) is 14.9. The maximum Gasteiger partial charge on any atom is 0.304 e. The third-order valence-corrected chi connectivity index (χ3v) is 3.22. The Bertz CT molecular complexity index is 663. The van der Waals surface area contributed by atoms with Crippen molar-refractivity contribution in [1.82, 2.24) is 0 Å². The second-order valence-electron chi connectivity index (χ2n) is 4.31.